The Kier molecular flexibility index (Phi) is 4.18. The van der Waals surface area contributed by atoms with E-state index in [4.69, 9.17) is 4.74 Å². The molecule has 0 aliphatic carbocycles. The van der Waals surface area contributed by atoms with Gasteiger partial charge in [0.2, 0.25) is 5.91 Å². The molecular weight excluding hydrogens is 280 g/mol. The molecule has 5 heteroatoms. The van der Waals surface area contributed by atoms with Crippen molar-refractivity contribution >= 4 is 12.0 Å². The summed E-state index contributed by atoms with van der Waals surface area (Å²) in [4.78, 5) is 26.0. The van der Waals surface area contributed by atoms with Crippen molar-refractivity contribution in [3.8, 4) is 0 Å². The summed E-state index contributed by atoms with van der Waals surface area (Å²) in [5.74, 6) is -0.0836. The molecule has 0 aromatic heterocycles. The summed E-state index contributed by atoms with van der Waals surface area (Å²) in [6.07, 6.45) is -0.557. The quantitative estimate of drug-likeness (QED) is 0.874. The van der Waals surface area contributed by atoms with Crippen molar-refractivity contribution in [3.05, 3.63) is 35.9 Å². The Morgan fingerprint density at radius 1 is 1.27 bits per heavy atom. The van der Waals surface area contributed by atoms with Crippen molar-refractivity contribution in [1.82, 2.24) is 10.2 Å². The van der Waals surface area contributed by atoms with E-state index in [0.717, 1.165) is 5.56 Å². The SMILES string of the molecule is CC(C)(C)OC(=O)NC1C(=O)N(Cc2ccccc2)C1(C)C. The minimum absolute atomic E-state index is 0.0836. The van der Waals surface area contributed by atoms with Gasteiger partial charge in [0.1, 0.15) is 11.6 Å². The topological polar surface area (TPSA) is 58.6 Å². The average Bonchev–Trinajstić information content (AvgIpc) is 2.41. The van der Waals surface area contributed by atoms with Gasteiger partial charge in [-0.05, 0) is 40.2 Å². The fraction of sp³-hybridized carbons (Fsp3) is 0.529. The Morgan fingerprint density at radius 2 is 1.86 bits per heavy atom. The number of ether oxygens (including phenoxy) is 1. The maximum Gasteiger partial charge on any atom is 0.408 e. The third-order valence-corrected chi connectivity index (χ3v) is 3.76. The second kappa shape index (κ2) is 5.63. The monoisotopic (exact) mass is 304 g/mol. The highest BCUT2D eigenvalue weighted by molar-refractivity contribution is 5.93. The molecule has 5 nitrogen and oxygen atoms in total. The van der Waals surface area contributed by atoms with Gasteiger partial charge in [-0.15, -0.1) is 0 Å². The van der Waals surface area contributed by atoms with Gasteiger partial charge in [0, 0.05) is 6.54 Å². The van der Waals surface area contributed by atoms with Crippen molar-refractivity contribution in [3.63, 3.8) is 0 Å². The smallest absolute Gasteiger partial charge is 0.408 e. The van der Waals surface area contributed by atoms with Gasteiger partial charge in [0.15, 0.2) is 0 Å². The third-order valence-electron chi connectivity index (χ3n) is 3.76. The van der Waals surface area contributed by atoms with Gasteiger partial charge in [-0.2, -0.15) is 0 Å². The number of rotatable bonds is 3. The first-order valence-electron chi connectivity index (χ1n) is 7.46. The fourth-order valence-corrected chi connectivity index (χ4v) is 2.54. The summed E-state index contributed by atoms with van der Waals surface area (Å²) in [6, 6.07) is 9.26. The molecule has 1 fully saturated rings. The highest BCUT2D eigenvalue weighted by Gasteiger charge is 2.54. The minimum atomic E-state index is -0.579. The lowest BCUT2D eigenvalue weighted by atomic mass is 9.81. The van der Waals surface area contributed by atoms with Crippen LogP contribution >= 0.6 is 0 Å². The molecule has 0 spiro atoms. The molecule has 2 amide bonds. The van der Waals surface area contributed by atoms with Crippen molar-refractivity contribution < 1.29 is 14.3 Å². The zero-order valence-electron chi connectivity index (χ0n) is 13.8. The summed E-state index contributed by atoms with van der Waals surface area (Å²) < 4.78 is 5.22. The van der Waals surface area contributed by atoms with Crippen molar-refractivity contribution in [2.24, 2.45) is 0 Å². The molecule has 1 heterocycles. The van der Waals surface area contributed by atoms with Crippen LogP contribution in [-0.4, -0.2) is 34.1 Å². The van der Waals surface area contributed by atoms with Crippen LogP contribution in [0.25, 0.3) is 0 Å². The molecule has 1 aromatic carbocycles. The van der Waals surface area contributed by atoms with Crippen LogP contribution in [0.4, 0.5) is 4.79 Å². The van der Waals surface area contributed by atoms with E-state index in [1.54, 1.807) is 25.7 Å². The number of carbonyl (C=O) groups is 2. The molecule has 2 rings (SSSR count). The van der Waals surface area contributed by atoms with Crippen LogP contribution in [0.5, 0.6) is 0 Å². The molecule has 1 aromatic rings. The lowest BCUT2D eigenvalue weighted by molar-refractivity contribution is -0.161. The Balaban J connectivity index is 1.99. The Hall–Kier alpha value is -2.04. The van der Waals surface area contributed by atoms with Gasteiger partial charge in [0.05, 0.1) is 5.54 Å². The molecule has 1 unspecified atom stereocenters. The van der Waals surface area contributed by atoms with Crippen molar-refractivity contribution in [2.45, 2.75) is 58.3 Å². The van der Waals surface area contributed by atoms with Gasteiger partial charge in [-0.25, -0.2) is 4.79 Å². The van der Waals surface area contributed by atoms with Gasteiger partial charge < -0.3 is 15.0 Å². The summed E-state index contributed by atoms with van der Waals surface area (Å²) in [5, 5.41) is 2.68. The average molecular weight is 304 g/mol. The first kappa shape index (κ1) is 16.3. The molecule has 0 saturated carbocycles. The number of hydrogen-bond donors (Lipinski definition) is 1. The van der Waals surface area contributed by atoms with Gasteiger partial charge in [-0.3, -0.25) is 4.79 Å². The van der Waals surface area contributed by atoms with Crippen LogP contribution in [0.1, 0.15) is 40.2 Å². The van der Waals surface area contributed by atoms with E-state index >= 15 is 0 Å². The molecule has 1 N–H and O–H groups in total. The summed E-state index contributed by atoms with van der Waals surface area (Å²) in [6.45, 7) is 9.81. The highest BCUT2D eigenvalue weighted by atomic mass is 16.6. The zero-order chi connectivity index (χ0) is 16.5. The maximum absolute atomic E-state index is 12.3. The van der Waals surface area contributed by atoms with Gasteiger partial charge in [0.25, 0.3) is 0 Å². The zero-order valence-corrected chi connectivity index (χ0v) is 13.8. The molecule has 120 valence electrons. The summed E-state index contributed by atoms with van der Waals surface area (Å²) >= 11 is 0. The van der Waals surface area contributed by atoms with Crippen LogP contribution in [0.3, 0.4) is 0 Å². The van der Waals surface area contributed by atoms with Crippen LogP contribution in [0, 0.1) is 0 Å². The molecule has 1 atom stereocenters. The molecule has 1 aliphatic rings. The number of carbonyl (C=O) groups excluding carboxylic acids is 2. The number of nitrogens with zero attached hydrogens (tertiary/aromatic N) is 1. The number of β-lactam (4-membered cyclic amide) rings is 1. The van der Waals surface area contributed by atoms with E-state index in [0.29, 0.717) is 6.54 Å². The van der Waals surface area contributed by atoms with Gasteiger partial charge >= 0.3 is 6.09 Å². The lowest BCUT2D eigenvalue weighted by Gasteiger charge is -2.54. The first-order chi connectivity index (χ1) is 10.1. The van der Waals surface area contributed by atoms with Crippen molar-refractivity contribution in [1.29, 1.82) is 0 Å². The van der Waals surface area contributed by atoms with Crippen LogP contribution in [0.2, 0.25) is 0 Å². The van der Waals surface area contributed by atoms with E-state index in [9.17, 15) is 9.59 Å². The van der Waals surface area contributed by atoms with E-state index in [-0.39, 0.29) is 5.91 Å². The van der Waals surface area contributed by atoms with Crippen molar-refractivity contribution in [2.75, 3.05) is 0 Å². The number of alkyl carbamates (subject to hydrolysis) is 1. The number of amides is 2. The maximum atomic E-state index is 12.3. The van der Waals surface area contributed by atoms with E-state index in [1.165, 1.54) is 0 Å². The predicted octanol–water partition coefficient (Wildman–Crippen LogP) is 2.70. The Morgan fingerprint density at radius 3 is 2.36 bits per heavy atom. The molecule has 1 aliphatic heterocycles. The van der Waals surface area contributed by atoms with E-state index in [1.807, 2.05) is 44.2 Å². The minimum Gasteiger partial charge on any atom is -0.444 e. The van der Waals surface area contributed by atoms with E-state index < -0.39 is 23.3 Å². The standard InChI is InChI=1S/C17H24N2O3/c1-16(2,3)22-15(21)18-13-14(20)19(17(13,4)5)11-12-9-7-6-8-10-12/h6-10,13H,11H2,1-5H3,(H,18,21). The normalized spacial score (nSPS) is 20.3. The third kappa shape index (κ3) is 3.40. The Labute approximate surface area is 131 Å². The fourth-order valence-electron chi connectivity index (χ4n) is 2.54. The molecule has 1 saturated heterocycles. The van der Waals surface area contributed by atoms with Gasteiger partial charge in [-0.1, -0.05) is 30.3 Å². The highest BCUT2D eigenvalue weighted by Crippen LogP contribution is 2.33. The number of hydrogen-bond acceptors (Lipinski definition) is 3. The molecule has 22 heavy (non-hydrogen) atoms. The summed E-state index contributed by atoms with van der Waals surface area (Å²) in [5.41, 5.74) is 0.0498. The second-order valence-electron chi connectivity index (χ2n) is 7.14. The molecule has 0 bridgehead atoms. The molecular formula is C17H24N2O3. The predicted molar refractivity (Wildman–Crippen MR) is 84.2 cm³/mol. The number of benzene rings is 1. The van der Waals surface area contributed by atoms with E-state index in [2.05, 4.69) is 5.32 Å². The van der Waals surface area contributed by atoms with Crippen LogP contribution < -0.4 is 5.32 Å². The number of likely N-dealkylation sites (tertiary alicyclic amines) is 1. The Bertz CT molecular complexity index is 561. The number of nitrogens with one attached hydrogen (secondary N) is 1. The first-order valence-corrected chi connectivity index (χ1v) is 7.46. The van der Waals surface area contributed by atoms with Crippen LogP contribution in [-0.2, 0) is 16.1 Å². The largest absolute Gasteiger partial charge is 0.444 e. The molecule has 0 radical (unpaired) electrons. The second-order valence-corrected chi connectivity index (χ2v) is 7.14. The van der Waals surface area contributed by atoms with Crippen LogP contribution in [0.15, 0.2) is 30.3 Å². The lowest BCUT2D eigenvalue weighted by Crippen LogP contribution is -2.76. The summed E-state index contributed by atoms with van der Waals surface area (Å²) in [7, 11) is 0.